The lowest BCUT2D eigenvalue weighted by Gasteiger charge is -2.19. The van der Waals surface area contributed by atoms with Crippen LogP contribution in [-0.4, -0.2) is 10.8 Å². The van der Waals surface area contributed by atoms with Crippen LogP contribution in [0.1, 0.15) is 37.6 Å². The number of nitrogen functional groups attached to an aromatic ring is 1. The van der Waals surface area contributed by atoms with Crippen molar-refractivity contribution in [2.45, 2.75) is 36.8 Å². The second kappa shape index (κ2) is 6.31. The summed E-state index contributed by atoms with van der Waals surface area (Å²) < 4.78 is 0. The number of hydrogen-bond donors (Lipinski definition) is 2. The van der Waals surface area contributed by atoms with E-state index in [-0.39, 0.29) is 11.3 Å². The number of nitrogens with zero attached hydrogens (tertiary/aromatic N) is 1. The van der Waals surface area contributed by atoms with Gasteiger partial charge in [0, 0.05) is 16.8 Å². The number of amidine groups is 1. The molecular weight excluding hydrogens is 278 g/mol. The number of benzene rings is 1. The smallest absolute Gasteiger partial charge is 0.141 e. The molecule has 0 atom stereocenters. The summed E-state index contributed by atoms with van der Waals surface area (Å²) >= 11 is 1.77. The normalized spacial score (nSPS) is 11.4. The molecule has 0 aliphatic heterocycles. The molecule has 21 heavy (non-hydrogen) atoms. The summed E-state index contributed by atoms with van der Waals surface area (Å²) in [6.45, 7) is 6.65. The highest BCUT2D eigenvalue weighted by Gasteiger charge is 2.12. The fourth-order valence-corrected chi connectivity index (χ4v) is 2.77. The molecule has 110 valence electrons. The molecule has 1 heterocycles. The van der Waals surface area contributed by atoms with Crippen molar-refractivity contribution in [1.29, 1.82) is 5.41 Å². The first kappa shape index (κ1) is 15.6. The van der Waals surface area contributed by atoms with Crippen molar-refractivity contribution in [2.75, 3.05) is 0 Å². The van der Waals surface area contributed by atoms with Gasteiger partial charge < -0.3 is 5.73 Å². The lowest BCUT2D eigenvalue weighted by Crippen LogP contribution is -2.13. The van der Waals surface area contributed by atoms with Gasteiger partial charge in [-0.3, -0.25) is 10.4 Å². The van der Waals surface area contributed by atoms with E-state index in [2.05, 4.69) is 50.0 Å². The fraction of sp³-hybridized carbons (Fsp3) is 0.294. The maximum atomic E-state index is 7.42. The zero-order chi connectivity index (χ0) is 15.5. The Balaban J connectivity index is 2.03. The third-order valence-corrected chi connectivity index (χ3v) is 4.31. The minimum atomic E-state index is 0.0105. The van der Waals surface area contributed by atoms with Crippen LogP contribution < -0.4 is 5.73 Å². The molecule has 3 nitrogen and oxygen atoms in total. The van der Waals surface area contributed by atoms with Crippen molar-refractivity contribution in [1.82, 2.24) is 4.98 Å². The summed E-state index contributed by atoms with van der Waals surface area (Å²) in [5.74, 6) is 0.855. The van der Waals surface area contributed by atoms with E-state index < -0.39 is 0 Å². The average molecular weight is 299 g/mol. The summed E-state index contributed by atoms with van der Waals surface area (Å²) in [6.07, 6.45) is 1.70. The van der Waals surface area contributed by atoms with Crippen LogP contribution in [0.4, 0.5) is 0 Å². The molecule has 3 N–H and O–H groups in total. The quantitative estimate of drug-likeness (QED) is 0.510. The van der Waals surface area contributed by atoms with E-state index in [0.29, 0.717) is 5.69 Å². The number of rotatable bonds is 4. The molecule has 0 radical (unpaired) electrons. The van der Waals surface area contributed by atoms with Gasteiger partial charge in [0.25, 0.3) is 0 Å². The fourth-order valence-electron chi connectivity index (χ4n) is 1.93. The van der Waals surface area contributed by atoms with Crippen LogP contribution in [0.5, 0.6) is 0 Å². The highest BCUT2D eigenvalue weighted by molar-refractivity contribution is 7.98. The molecule has 4 heteroatoms. The number of aromatic nitrogens is 1. The summed E-state index contributed by atoms with van der Waals surface area (Å²) in [7, 11) is 0. The maximum Gasteiger partial charge on any atom is 0.141 e. The Morgan fingerprint density at radius 1 is 1.19 bits per heavy atom. The van der Waals surface area contributed by atoms with E-state index in [1.54, 1.807) is 18.0 Å². The van der Waals surface area contributed by atoms with Crippen LogP contribution in [0.25, 0.3) is 0 Å². The molecule has 2 aromatic rings. The summed E-state index contributed by atoms with van der Waals surface area (Å²) in [5, 5.41) is 7.42. The van der Waals surface area contributed by atoms with Crippen molar-refractivity contribution in [3.8, 4) is 0 Å². The Bertz CT molecular complexity index is 627. The molecule has 0 unspecified atom stereocenters. The van der Waals surface area contributed by atoms with Gasteiger partial charge in [0.1, 0.15) is 11.5 Å². The molecule has 0 saturated carbocycles. The second-order valence-corrected chi connectivity index (χ2v) is 7.07. The molecule has 0 bridgehead atoms. The Kier molecular flexibility index (Phi) is 4.68. The molecule has 0 fully saturated rings. The largest absolute Gasteiger partial charge is 0.382 e. The van der Waals surface area contributed by atoms with Crippen molar-refractivity contribution in [2.24, 2.45) is 5.73 Å². The zero-order valence-corrected chi connectivity index (χ0v) is 13.5. The number of nitrogens with one attached hydrogen (secondary N) is 1. The predicted octanol–water partition coefficient (Wildman–Crippen LogP) is 3.96. The molecule has 0 spiro atoms. The topological polar surface area (TPSA) is 62.8 Å². The third kappa shape index (κ3) is 4.33. The lowest BCUT2D eigenvalue weighted by molar-refractivity contribution is 0.590. The number of pyridine rings is 1. The van der Waals surface area contributed by atoms with Crippen molar-refractivity contribution < 1.29 is 0 Å². The number of nitrogens with two attached hydrogens (primary N) is 1. The first-order valence-electron chi connectivity index (χ1n) is 6.89. The molecule has 1 aromatic heterocycles. The highest BCUT2D eigenvalue weighted by Crippen LogP contribution is 2.27. The van der Waals surface area contributed by atoms with Crippen LogP contribution in [0, 0.1) is 5.41 Å². The molecule has 0 amide bonds. The van der Waals surface area contributed by atoms with Crippen molar-refractivity contribution in [3.63, 3.8) is 0 Å². The van der Waals surface area contributed by atoms with E-state index in [1.807, 2.05) is 12.1 Å². The SMILES string of the molecule is CC(C)(C)c1ccc(SCc2ccnc(C(=N)N)c2)cc1. The Hall–Kier alpha value is -1.81. The Morgan fingerprint density at radius 2 is 1.86 bits per heavy atom. The third-order valence-electron chi connectivity index (χ3n) is 3.23. The summed E-state index contributed by atoms with van der Waals surface area (Å²) in [5.41, 5.74) is 8.65. The van der Waals surface area contributed by atoms with E-state index in [1.165, 1.54) is 10.5 Å². The van der Waals surface area contributed by atoms with Gasteiger partial charge >= 0.3 is 0 Å². The molecule has 0 saturated heterocycles. The molecule has 1 aromatic carbocycles. The van der Waals surface area contributed by atoms with Gasteiger partial charge in [-0.25, -0.2) is 0 Å². The second-order valence-electron chi connectivity index (χ2n) is 6.03. The summed E-state index contributed by atoms with van der Waals surface area (Å²) in [4.78, 5) is 5.31. The monoisotopic (exact) mass is 299 g/mol. The van der Waals surface area contributed by atoms with Crippen LogP contribution in [-0.2, 0) is 11.2 Å². The first-order chi connectivity index (χ1) is 9.86. The van der Waals surface area contributed by atoms with Crippen molar-refractivity contribution in [3.05, 3.63) is 59.4 Å². The van der Waals surface area contributed by atoms with Gasteiger partial charge in [0.15, 0.2) is 0 Å². The molecule has 0 aliphatic rings. The molecule has 2 rings (SSSR count). The van der Waals surface area contributed by atoms with Crippen LogP contribution in [0.2, 0.25) is 0 Å². The van der Waals surface area contributed by atoms with Gasteiger partial charge in [0.05, 0.1) is 0 Å². The number of thioether (sulfide) groups is 1. The average Bonchev–Trinajstić information content (AvgIpc) is 2.45. The maximum absolute atomic E-state index is 7.42. The van der Waals surface area contributed by atoms with Gasteiger partial charge in [-0.2, -0.15) is 0 Å². The van der Waals surface area contributed by atoms with Gasteiger partial charge in [-0.1, -0.05) is 32.9 Å². The highest BCUT2D eigenvalue weighted by atomic mass is 32.2. The van der Waals surface area contributed by atoms with Crippen LogP contribution in [0.15, 0.2) is 47.5 Å². The molecule has 0 aliphatic carbocycles. The first-order valence-corrected chi connectivity index (χ1v) is 7.87. The Morgan fingerprint density at radius 3 is 2.43 bits per heavy atom. The Labute approximate surface area is 130 Å². The zero-order valence-electron chi connectivity index (χ0n) is 12.7. The van der Waals surface area contributed by atoms with Gasteiger partial charge in [0.2, 0.25) is 0 Å². The van der Waals surface area contributed by atoms with E-state index in [0.717, 1.165) is 11.3 Å². The van der Waals surface area contributed by atoms with E-state index in [9.17, 15) is 0 Å². The minimum Gasteiger partial charge on any atom is -0.382 e. The molecular formula is C17H21N3S. The van der Waals surface area contributed by atoms with Crippen LogP contribution >= 0.6 is 11.8 Å². The predicted molar refractivity (Wildman–Crippen MR) is 90.0 cm³/mol. The van der Waals surface area contributed by atoms with E-state index >= 15 is 0 Å². The van der Waals surface area contributed by atoms with Crippen molar-refractivity contribution >= 4 is 17.6 Å². The van der Waals surface area contributed by atoms with Gasteiger partial charge in [-0.05, 0) is 40.8 Å². The van der Waals surface area contributed by atoms with Gasteiger partial charge in [-0.15, -0.1) is 11.8 Å². The standard InChI is InChI=1S/C17H21N3S/c1-17(2,3)13-4-6-14(7-5-13)21-11-12-8-9-20-15(10-12)16(18)19/h4-10H,11H2,1-3H3,(H3,18,19). The lowest BCUT2D eigenvalue weighted by atomic mass is 9.87. The van der Waals surface area contributed by atoms with Crippen LogP contribution in [0.3, 0.4) is 0 Å². The summed E-state index contributed by atoms with van der Waals surface area (Å²) in [6, 6.07) is 12.5. The minimum absolute atomic E-state index is 0.0105. The number of hydrogen-bond acceptors (Lipinski definition) is 3. The van der Waals surface area contributed by atoms with E-state index in [4.69, 9.17) is 11.1 Å².